The predicted molar refractivity (Wildman–Crippen MR) is 40.2 cm³/mol. The van der Waals surface area contributed by atoms with Gasteiger partial charge in [-0.2, -0.15) is 26.3 Å². The van der Waals surface area contributed by atoms with Crippen LogP contribution in [0, 0.1) is 11.9 Å². The van der Waals surface area contributed by atoms with E-state index in [0.29, 0.717) is 0 Å². The number of rotatable bonds is 0. The Hall–Kier alpha value is -0.980. The Morgan fingerprint density at radius 2 is 1.50 bits per heavy atom. The Bertz CT molecular complexity index is 404. The van der Waals surface area contributed by atoms with E-state index in [1.165, 1.54) is 6.07 Å². The largest absolute Gasteiger partial charge is 0.420 e. The van der Waals surface area contributed by atoms with Gasteiger partial charge in [-0.15, -0.1) is 0 Å². The van der Waals surface area contributed by atoms with Gasteiger partial charge in [0, 0.05) is 0 Å². The first-order valence-electron chi connectivity index (χ1n) is 3.59. The molecule has 0 bridgehead atoms. The highest BCUT2D eigenvalue weighted by atomic mass is 35.5. The van der Waals surface area contributed by atoms with Crippen LogP contribution in [0.25, 0.3) is 0 Å². The second-order valence-corrected chi connectivity index (χ2v) is 3.07. The van der Waals surface area contributed by atoms with Gasteiger partial charge in [-0.1, -0.05) is 11.6 Å². The van der Waals surface area contributed by atoms with Crippen molar-refractivity contribution in [2.24, 2.45) is 0 Å². The van der Waals surface area contributed by atoms with Crippen LogP contribution in [-0.2, 0) is 12.4 Å². The molecule has 0 spiro atoms. The number of alkyl halides is 6. The van der Waals surface area contributed by atoms with Gasteiger partial charge in [-0.05, 0) is 12.1 Å². The van der Waals surface area contributed by atoms with E-state index in [4.69, 9.17) is 11.6 Å². The van der Waals surface area contributed by atoms with Crippen molar-refractivity contribution in [3.8, 4) is 0 Å². The lowest BCUT2D eigenvalue weighted by molar-refractivity contribution is -0.144. The number of benzene rings is 1. The zero-order valence-electron chi connectivity index (χ0n) is 7.10. The zero-order valence-corrected chi connectivity index (χ0v) is 7.86. The maximum Gasteiger partial charge on any atom is 0.420 e. The summed E-state index contributed by atoms with van der Waals surface area (Å²) in [6, 6.07) is 1.28. The molecule has 1 radical (unpaired) electrons. The van der Waals surface area contributed by atoms with Crippen LogP contribution in [0.2, 0.25) is 5.02 Å². The highest BCUT2D eigenvalue weighted by molar-refractivity contribution is 6.32. The molecule has 0 aromatic heterocycles. The molecule has 89 valence electrons. The number of hydrogen-bond donors (Lipinski definition) is 0. The first kappa shape index (κ1) is 13.1. The summed E-state index contributed by atoms with van der Waals surface area (Å²) in [5.74, 6) is -1.90. The van der Waals surface area contributed by atoms with Crippen molar-refractivity contribution < 1.29 is 30.7 Å². The van der Waals surface area contributed by atoms with Crippen LogP contribution in [-0.4, -0.2) is 0 Å². The minimum Gasteiger partial charge on any atom is -0.206 e. The highest BCUT2D eigenvalue weighted by Crippen LogP contribution is 2.42. The summed E-state index contributed by atoms with van der Waals surface area (Å²) in [4.78, 5) is 0. The van der Waals surface area contributed by atoms with E-state index in [9.17, 15) is 30.7 Å². The molecule has 0 fully saturated rings. The van der Waals surface area contributed by atoms with Crippen LogP contribution < -0.4 is 0 Å². The molecule has 0 aliphatic heterocycles. The van der Waals surface area contributed by atoms with E-state index < -0.39 is 34.3 Å². The fraction of sp³-hybridized carbons (Fsp3) is 0.250. The quantitative estimate of drug-likeness (QED) is 0.613. The molecule has 0 heterocycles. The minimum absolute atomic E-state index is 0.0441. The predicted octanol–water partition coefficient (Wildman–Crippen LogP) is 4.32. The van der Waals surface area contributed by atoms with E-state index in [0.717, 1.165) is 0 Å². The molecular formula is C8HClF7. The normalized spacial score (nSPS) is 13.0. The van der Waals surface area contributed by atoms with E-state index in [1.807, 2.05) is 0 Å². The molecule has 0 N–H and O–H groups in total. The lowest BCUT2D eigenvalue weighted by atomic mass is 10.1. The lowest BCUT2D eigenvalue weighted by Crippen LogP contribution is -2.14. The van der Waals surface area contributed by atoms with Gasteiger partial charge in [0.1, 0.15) is 11.4 Å². The third-order valence-corrected chi connectivity index (χ3v) is 1.97. The number of hydrogen-bond acceptors (Lipinski definition) is 0. The second-order valence-electron chi connectivity index (χ2n) is 2.70. The van der Waals surface area contributed by atoms with Crippen LogP contribution in [0.5, 0.6) is 0 Å². The Morgan fingerprint density at radius 1 is 1.00 bits per heavy atom. The molecule has 16 heavy (non-hydrogen) atoms. The highest BCUT2D eigenvalue weighted by Gasteiger charge is 2.42. The topological polar surface area (TPSA) is 0 Å². The molecule has 1 aromatic carbocycles. The Morgan fingerprint density at radius 3 is 1.88 bits per heavy atom. The lowest BCUT2D eigenvalue weighted by Gasteiger charge is -2.14. The molecule has 1 rings (SSSR count). The van der Waals surface area contributed by atoms with Crippen LogP contribution in [0.15, 0.2) is 6.07 Å². The van der Waals surface area contributed by atoms with Crippen LogP contribution in [0.1, 0.15) is 11.1 Å². The fourth-order valence-corrected chi connectivity index (χ4v) is 1.33. The molecule has 0 atom stereocenters. The van der Waals surface area contributed by atoms with Crippen molar-refractivity contribution in [1.29, 1.82) is 0 Å². The smallest absolute Gasteiger partial charge is 0.206 e. The van der Waals surface area contributed by atoms with E-state index >= 15 is 0 Å². The van der Waals surface area contributed by atoms with Gasteiger partial charge in [0.15, 0.2) is 0 Å². The SMILES string of the molecule is Fc1c[c]c(C(F)(F)F)c(Cl)c1C(F)(F)F. The third kappa shape index (κ3) is 2.40. The summed E-state index contributed by atoms with van der Waals surface area (Å²) in [6.45, 7) is 0. The molecule has 0 aliphatic rings. The van der Waals surface area contributed by atoms with Crippen LogP contribution in [0.4, 0.5) is 30.7 Å². The molecule has 0 saturated carbocycles. The van der Waals surface area contributed by atoms with Crippen molar-refractivity contribution in [2.45, 2.75) is 12.4 Å². The Balaban J connectivity index is 3.52. The van der Waals surface area contributed by atoms with E-state index in [1.54, 1.807) is 0 Å². The maximum absolute atomic E-state index is 12.7. The molecule has 8 heteroatoms. The van der Waals surface area contributed by atoms with Gasteiger partial charge < -0.3 is 0 Å². The standard InChI is InChI=1S/C8HClF7/c9-6-3(7(11,12)13)1-2-4(10)5(6)8(14,15)16/h2H. The first-order valence-corrected chi connectivity index (χ1v) is 3.97. The summed E-state index contributed by atoms with van der Waals surface area (Å²) < 4.78 is 85.7. The van der Waals surface area contributed by atoms with E-state index in [-0.39, 0.29) is 6.07 Å². The van der Waals surface area contributed by atoms with Crippen molar-refractivity contribution in [3.63, 3.8) is 0 Å². The second kappa shape index (κ2) is 3.80. The van der Waals surface area contributed by atoms with Crippen molar-refractivity contribution in [1.82, 2.24) is 0 Å². The molecular weight excluding hydrogens is 265 g/mol. The monoisotopic (exact) mass is 265 g/mol. The zero-order chi connectivity index (χ0) is 12.7. The van der Waals surface area contributed by atoms with Crippen LogP contribution >= 0.6 is 11.6 Å². The van der Waals surface area contributed by atoms with Gasteiger partial charge in [0.25, 0.3) is 0 Å². The first-order chi connectivity index (χ1) is 7.05. The molecule has 0 unspecified atom stereocenters. The molecule has 0 amide bonds. The van der Waals surface area contributed by atoms with Gasteiger partial charge in [0.2, 0.25) is 0 Å². The Kier molecular flexibility index (Phi) is 3.11. The molecule has 0 aliphatic carbocycles. The van der Waals surface area contributed by atoms with Crippen molar-refractivity contribution in [3.05, 3.63) is 34.1 Å². The van der Waals surface area contributed by atoms with Crippen LogP contribution in [0.3, 0.4) is 0 Å². The average Bonchev–Trinajstić information content (AvgIpc) is 1.97. The average molecular weight is 266 g/mol. The summed E-state index contributed by atoms with van der Waals surface area (Å²) in [5.41, 5.74) is -3.98. The Labute approximate surface area is 89.6 Å². The maximum atomic E-state index is 12.7. The van der Waals surface area contributed by atoms with E-state index in [2.05, 4.69) is 0 Å². The van der Waals surface area contributed by atoms with Gasteiger partial charge in [-0.3, -0.25) is 0 Å². The summed E-state index contributed by atoms with van der Waals surface area (Å²) in [6.07, 6.45) is -10.4. The summed E-state index contributed by atoms with van der Waals surface area (Å²) in [7, 11) is 0. The summed E-state index contributed by atoms with van der Waals surface area (Å²) in [5, 5.41) is -1.74. The van der Waals surface area contributed by atoms with Gasteiger partial charge in [0.05, 0.1) is 10.6 Å². The van der Waals surface area contributed by atoms with Crippen molar-refractivity contribution in [2.75, 3.05) is 0 Å². The van der Waals surface area contributed by atoms with Crippen molar-refractivity contribution >= 4 is 11.6 Å². The minimum atomic E-state index is -5.30. The molecule has 1 aromatic rings. The molecule has 0 saturated heterocycles. The summed E-state index contributed by atoms with van der Waals surface area (Å²) >= 11 is 4.87. The third-order valence-electron chi connectivity index (χ3n) is 1.59. The van der Waals surface area contributed by atoms with Gasteiger partial charge >= 0.3 is 12.4 Å². The fourth-order valence-electron chi connectivity index (χ4n) is 0.967. The number of halogens is 8. The van der Waals surface area contributed by atoms with Gasteiger partial charge in [-0.25, -0.2) is 4.39 Å². The molecule has 0 nitrogen and oxygen atoms in total.